The van der Waals surface area contributed by atoms with E-state index in [1.54, 1.807) is 13.8 Å². The van der Waals surface area contributed by atoms with Gasteiger partial charge in [-0.05, 0) is 27.7 Å². The Balaban J connectivity index is 3.08. The first-order chi connectivity index (χ1) is 8.51. The van der Waals surface area contributed by atoms with Gasteiger partial charge in [-0.25, -0.2) is 9.59 Å². The van der Waals surface area contributed by atoms with Crippen molar-refractivity contribution in [3.63, 3.8) is 0 Å². The summed E-state index contributed by atoms with van der Waals surface area (Å²) >= 11 is 0. The van der Waals surface area contributed by atoms with E-state index in [2.05, 4.69) is 5.10 Å². The zero-order valence-corrected chi connectivity index (χ0v) is 11.1. The molecule has 0 bridgehead atoms. The van der Waals surface area contributed by atoms with Crippen LogP contribution in [-0.4, -0.2) is 34.9 Å². The van der Waals surface area contributed by atoms with Crippen molar-refractivity contribution in [1.82, 2.24) is 9.78 Å². The Morgan fingerprint density at radius 3 is 2.28 bits per heavy atom. The van der Waals surface area contributed by atoms with Crippen LogP contribution in [0.1, 0.15) is 54.7 Å². The molecule has 0 amide bonds. The summed E-state index contributed by atoms with van der Waals surface area (Å²) in [5, 5.41) is 4.07. The van der Waals surface area contributed by atoms with Crippen LogP contribution < -0.4 is 0 Å². The Morgan fingerprint density at radius 1 is 1.22 bits per heavy atom. The molecule has 0 aliphatic heterocycles. The number of rotatable bonds is 5. The smallest absolute Gasteiger partial charge is 0.358 e. The second-order valence-electron chi connectivity index (χ2n) is 3.89. The van der Waals surface area contributed by atoms with Crippen LogP contribution in [0, 0.1) is 0 Å². The minimum Gasteiger partial charge on any atom is -0.461 e. The highest BCUT2D eigenvalue weighted by Crippen LogP contribution is 2.13. The summed E-state index contributed by atoms with van der Waals surface area (Å²) in [6.07, 6.45) is 0. The van der Waals surface area contributed by atoms with Crippen molar-refractivity contribution in [2.45, 2.75) is 33.7 Å². The Bertz CT molecular complexity index is 437. The third-order valence-corrected chi connectivity index (χ3v) is 2.19. The molecule has 0 saturated carbocycles. The van der Waals surface area contributed by atoms with Crippen LogP contribution in [0.4, 0.5) is 0 Å². The highest BCUT2D eigenvalue weighted by molar-refractivity contribution is 5.93. The number of esters is 2. The van der Waals surface area contributed by atoms with E-state index in [-0.39, 0.29) is 30.6 Å². The Labute approximate surface area is 106 Å². The summed E-state index contributed by atoms with van der Waals surface area (Å²) in [5.41, 5.74) is 0.378. The van der Waals surface area contributed by atoms with Gasteiger partial charge in [0.15, 0.2) is 5.69 Å². The SMILES string of the molecule is CCOC(=O)c1cc(C(=O)OCC)n(C(C)C)n1. The van der Waals surface area contributed by atoms with E-state index in [4.69, 9.17) is 9.47 Å². The lowest BCUT2D eigenvalue weighted by molar-refractivity contribution is 0.0503. The van der Waals surface area contributed by atoms with Crippen molar-refractivity contribution in [3.05, 3.63) is 17.5 Å². The molecule has 1 heterocycles. The Morgan fingerprint density at radius 2 is 1.78 bits per heavy atom. The quantitative estimate of drug-likeness (QED) is 0.749. The van der Waals surface area contributed by atoms with E-state index in [9.17, 15) is 9.59 Å². The fraction of sp³-hybridized carbons (Fsp3) is 0.583. The molecule has 6 nitrogen and oxygen atoms in total. The average molecular weight is 254 g/mol. The molecule has 1 rings (SSSR count). The summed E-state index contributed by atoms with van der Waals surface area (Å²) < 4.78 is 11.2. The first kappa shape index (κ1) is 14.2. The van der Waals surface area contributed by atoms with Gasteiger partial charge in [0.1, 0.15) is 5.69 Å². The van der Waals surface area contributed by atoms with Gasteiger partial charge in [-0.3, -0.25) is 4.68 Å². The minimum absolute atomic E-state index is 0.0485. The van der Waals surface area contributed by atoms with Gasteiger partial charge in [0.25, 0.3) is 0 Å². The lowest BCUT2D eigenvalue weighted by Gasteiger charge is -2.09. The minimum atomic E-state index is -0.539. The average Bonchev–Trinajstić information content (AvgIpc) is 2.74. The highest BCUT2D eigenvalue weighted by atomic mass is 16.5. The van der Waals surface area contributed by atoms with Gasteiger partial charge in [-0.15, -0.1) is 0 Å². The van der Waals surface area contributed by atoms with Gasteiger partial charge in [-0.2, -0.15) is 5.10 Å². The summed E-state index contributed by atoms with van der Waals surface area (Å²) in [6.45, 7) is 7.71. The number of aromatic nitrogens is 2. The van der Waals surface area contributed by atoms with Crippen LogP contribution in [-0.2, 0) is 9.47 Å². The molecule has 0 aromatic carbocycles. The molecule has 0 unspecified atom stereocenters. The van der Waals surface area contributed by atoms with Crippen molar-refractivity contribution in [1.29, 1.82) is 0 Å². The van der Waals surface area contributed by atoms with E-state index in [0.29, 0.717) is 0 Å². The first-order valence-corrected chi connectivity index (χ1v) is 5.95. The number of ether oxygens (including phenoxy) is 2. The molecule has 18 heavy (non-hydrogen) atoms. The molecule has 0 N–H and O–H groups in total. The van der Waals surface area contributed by atoms with Crippen molar-refractivity contribution < 1.29 is 19.1 Å². The number of hydrogen-bond donors (Lipinski definition) is 0. The molecule has 0 fully saturated rings. The maximum atomic E-state index is 11.7. The van der Waals surface area contributed by atoms with Gasteiger partial charge in [-0.1, -0.05) is 0 Å². The molecule has 0 radical (unpaired) electrons. The third-order valence-electron chi connectivity index (χ3n) is 2.19. The first-order valence-electron chi connectivity index (χ1n) is 5.95. The molecule has 100 valence electrons. The van der Waals surface area contributed by atoms with Gasteiger partial charge >= 0.3 is 11.9 Å². The monoisotopic (exact) mass is 254 g/mol. The van der Waals surface area contributed by atoms with Crippen LogP contribution in [0.25, 0.3) is 0 Å². The van der Waals surface area contributed by atoms with E-state index in [1.807, 2.05) is 13.8 Å². The van der Waals surface area contributed by atoms with Crippen LogP contribution in [0.15, 0.2) is 6.07 Å². The van der Waals surface area contributed by atoms with E-state index in [1.165, 1.54) is 10.7 Å². The van der Waals surface area contributed by atoms with Crippen molar-refractivity contribution in [2.24, 2.45) is 0 Å². The zero-order chi connectivity index (χ0) is 13.7. The molecular formula is C12H18N2O4. The molecule has 1 aromatic rings. The van der Waals surface area contributed by atoms with Crippen molar-refractivity contribution >= 4 is 11.9 Å². The molecule has 0 atom stereocenters. The predicted molar refractivity (Wildman–Crippen MR) is 64.5 cm³/mol. The van der Waals surface area contributed by atoms with Crippen LogP contribution in [0.5, 0.6) is 0 Å². The summed E-state index contributed by atoms with van der Waals surface area (Å²) in [7, 11) is 0. The molecular weight excluding hydrogens is 236 g/mol. The van der Waals surface area contributed by atoms with E-state index in [0.717, 1.165) is 0 Å². The topological polar surface area (TPSA) is 70.4 Å². The Hall–Kier alpha value is -1.85. The number of nitrogens with zero attached hydrogens (tertiary/aromatic N) is 2. The lowest BCUT2D eigenvalue weighted by atomic mass is 10.3. The van der Waals surface area contributed by atoms with Gasteiger partial charge < -0.3 is 9.47 Å². The van der Waals surface area contributed by atoms with Crippen LogP contribution >= 0.6 is 0 Å². The highest BCUT2D eigenvalue weighted by Gasteiger charge is 2.22. The third kappa shape index (κ3) is 3.09. The predicted octanol–water partition coefficient (Wildman–Crippen LogP) is 1.82. The molecule has 0 saturated heterocycles. The summed E-state index contributed by atoms with van der Waals surface area (Å²) in [6, 6.07) is 1.35. The lowest BCUT2D eigenvalue weighted by Crippen LogP contribution is -2.15. The Kier molecular flexibility index (Phi) is 4.88. The number of hydrogen-bond acceptors (Lipinski definition) is 5. The summed E-state index contributed by atoms with van der Waals surface area (Å²) in [5.74, 6) is -1.03. The van der Waals surface area contributed by atoms with Crippen LogP contribution in [0.3, 0.4) is 0 Å². The molecule has 0 spiro atoms. The normalized spacial score (nSPS) is 10.5. The van der Waals surface area contributed by atoms with E-state index < -0.39 is 11.9 Å². The van der Waals surface area contributed by atoms with E-state index >= 15 is 0 Å². The van der Waals surface area contributed by atoms with Gasteiger partial charge in [0.2, 0.25) is 0 Å². The van der Waals surface area contributed by atoms with Crippen molar-refractivity contribution in [2.75, 3.05) is 13.2 Å². The van der Waals surface area contributed by atoms with Crippen molar-refractivity contribution in [3.8, 4) is 0 Å². The summed E-state index contributed by atoms with van der Waals surface area (Å²) in [4.78, 5) is 23.3. The number of carbonyl (C=O) groups is 2. The largest absolute Gasteiger partial charge is 0.461 e. The maximum absolute atomic E-state index is 11.7. The second-order valence-corrected chi connectivity index (χ2v) is 3.89. The standard InChI is InChI=1S/C12H18N2O4/c1-5-17-11(15)9-7-10(12(16)18-6-2)14(13-9)8(3)4/h7-8H,5-6H2,1-4H3. The zero-order valence-electron chi connectivity index (χ0n) is 11.1. The molecule has 0 aliphatic carbocycles. The molecule has 1 aromatic heterocycles. The fourth-order valence-electron chi connectivity index (χ4n) is 1.45. The van der Waals surface area contributed by atoms with Crippen LogP contribution in [0.2, 0.25) is 0 Å². The number of carbonyl (C=O) groups excluding carboxylic acids is 2. The maximum Gasteiger partial charge on any atom is 0.358 e. The molecule has 0 aliphatic rings. The second kappa shape index (κ2) is 6.18. The van der Waals surface area contributed by atoms with Gasteiger partial charge in [0, 0.05) is 12.1 Å². The molecule has 6 heteroatoms. The fourth-order valence-corrected chi connectivity index (χ4v) is 1.45. The van der Waals surface area contributed by atoms with Gasteiger partial charge in [0.05, 0.1) is 13.2 Å².